The highest BCUT2D eigenvalue weighted by molar-refractivity contribution is 5.99. The maximum atomic E-state index is 13.5. The first-order chi connectivity index (χ1) is 12.1. The van der Waals surface area contributed by atoms with Gasteiger partial charge in [-0.15, -0.1) is 0 Å². The fourth-order valence-electron chi connectivity index (χ4n) is 2.44. The summed E-state index contributed by atoms with van der Waals surface area (Å²) in [4.78, 5) is 2.97. The Morgan fingerprint density at radius 2 is 1.15 bits per heavy atom. The summed E-state index contributed by atoms with van der Waals surface area (Å²) >= 11 is 0. The average molecular weight is 371 g/mol. The SMILES string of the molecule is FC(F)(F)C1(C(F)(F)F)C=C(c2ccccc2)OC(c2ccccc2)=N1. The molecule has 8 heteroatoms. The summed E-state index contributed by atoms with van der Waals surface area (Å²) in [6.07, 6.45) is -11.4. The second-order valence-electron chi connectivity index (χ2n) is 5.52. The van der Waals surface area contributed by atoms with Gasteiger partial charge in [0.1, 0.15) is 5.76 Å². The van der Waals surface area contributed by atoms with Gasteiger partial charge < -0.3 is 4.74 Å². The summed E-state index contributed by atoms with van der Waals surface area (Å²) in [5.74, 6) is -1.31. The van der Waals surface area contributed by atoms with Gasteiger partial charge in [0.25, 0.3) is 5.54 Å². The number of rotatable bonds is 2. The van der Waals surface area contributed by atoms with Crippen LogP contribution in [0.3, 0.4) is 0 Å². The first-order valence-corrected chi connectivity index (χ1v) is 7.39. The molecule has 0 spiro atoms. The Morgan fingerprint density at radius 1 is 0.692 bits per heavy atom. The molecule has 0 bridgehead atoms. The molecule has 1 aliphatic heterocycles. The van der Waals surface area contributed by atoms with Crippen LogP contribution >= 0.6 is 0 Å². The molecular weight excluding hydrogens is 360 g/mol. The molecule has 1 heterocycles. The highest BCUT2D eigenvalue weighted by atomic mass is 19.4. The lowest BCUT2D eigenvalue weighted by molar-refractivity contribution is -0.279. The minimum Gasteiger partial charge on any atom is -0.438 e. The molecule has 0 aliphatic carbocycles. The standard InChI is InChI=1S/C18H11F6NO/c19-17(20,21)16(18(22,23)24)11-14(12-7-3-1-4-8-12)26-15(25-16)13-9-5-2-6-10-13/h1-11H. The third-order valence-corrected chi connectivity index (χ3v) is 3.77. The minimum absolute atomic E-state index is 0.00639. The van der Waals surface area contributed by atoms with Crippen LogP contribution in [0.2, 0.25) is 0 Å². The Hall–Kier alpha value is -2.77. The fourth-order valence-corrected chi connectivity index (χ4v) is 2.44. The number of hydrogen-bond donors (Lipinski definition) is 0. The maximum absolute atomic E-state index is 13.5. The molecule has 2 nitrogen and oxygen atoms in total. The predicted molar refractivity (Wildman–Crippen MR) is 83.3 cm³/mol. The fraction of sp³-hybridized carbons (Fsp3) is 0.167. The van der Waals surface area contributed by atoms with Crippen molar-refractivity contribution in [1.82, 2.24) is 0 Å². The predicted octanol–water partition coefficient (Wildman–Crippen LogP) is 5.37. The lowest BCUT2D eigenvalue weighted by Gasteiger charge is -2.35. The molecule has 0 fully saturated rings. The molecule has 0 N–H and O–H groups in total. The van der Waals surface area contributed by atoms with Crippen LogP contribution in [0.5, 0.6) is 0 Å². The normalized spacial score (nSPS) is 17.2. The van der Waals surface area contributed by atoms with Gasteiger partial charge in [0.15, 0.2) is 0 Å². The summed E-state index contributed by atoms with van der Waals surface area (Å²) < 4.78 is 86.6. The highest BCUT2D eigenvalue weighted by Gasteiger charge is 2.71. The number of aliphatic imine (C=N–C) groups is 1. The lowest BCUT2D eigenvalue weighted by atomic mass is 9.94. The van der Waals surface area contributed by atoms with Crippen molar-refractivity contribution in [3.63, 3.8) is 0 Å². The van der Waals surface area contributed by atoms with Crippen LogP contribution in [0, 0.1) is 0 Å². The Morgan fingerprint density at radius 3 is 1.62 bits per heavy atom. The molecule has 0 atom stereocenters. The van der Waals surface area contributed by atoms with E-state index in [0.29, 0.717) is 0 Å². The van der Waals surface area contributed by atoms with Crippen molar-refractivity contribution < 1.29 is 31.1 Å². The Kier molecular flexibility index (Phi) is 4.29. The Balaban J connectivity index is 2.25. The molecule has 2 aromatic carbocycles. The van der Waals surface area contributed by atoms with E-state index in [1.165, 1.54) is 48.5 Å². The van der Waals surface area contributed by atoms with Crippen molar-refractivity contribution in [2.45, 2.75) is 17.9 Å². The summed E-state index contributed by atoms with van der Waals surface area (Å²) in [7, 11) is 0. The van der Waals surface area contributed by atoms with Crippen LogP contribution in [0.4, 0.5) is 26.3 Å². The summed E-state index contributed by atoms with van der Waals surface area (Å²) in [5.41, 5.74) is -4.31. The van der Waals surface area contributed by atoms with Crippen LogP contribution in [0.25, 0.3) is 5.76 Å². The summed E-state index contributed by atoms with van der Waals surface area (Å²) in [6, 6.07) is 14.4. The Bertz CT molecular complexity index is 766. The molecule has 0 unspecified atom stereocenters. The molecule has 3 rings (SSSR count). The van der Waals surface area contributed by atoms with Gasteiger partial charge in [-0.25, -0.2) is 4.99 Å². The largest absolute Gasteiger partial charge is 0.438 e. The quantitative estimate of drug-likeness (QED) is 0.651. The zero-order valence-corrected chi connectivity index (χ0v) is 13.0. The van der Waals surface area contributed by atoms with Gasteiger partial charge in [0.05, 0.1) is 0 Å². The number of ether oxygens (including phenoxy) is 1. The molecule has 2 aromatic rings. The summed E-state index contributed by atoms with van der Waals surface area (Å²) in [6.45, 7) is 0. The van der Waals surface area contributed by atoms with Crippen LogP contribution < -0.4 is 0 Å². The van der Waals surface area contributed by atoms with Gasteiger partial charge in [-0.1, -0.05) is 48.5 Å². The third-order valence-electron chi connectivity index (χ3n) is 3.77. The number of benzene rings is 2. The first kappa shape index (κ1) is 18.0. The average Bonchev–Trinajstić information content (AvgIpc) is 2.61. The van der Waals surface area contributed by atoms with E-state index >= 15 is 0 Å². The van der Waals surface area contributed by atoms with Crippen molar-refractivity contribution in [3.8, 4) is 0 Å². The van der Waals surface area contributed by atoms with E-state index in [0.717, 1.165) is 0 Å². The van der Waals surface area contributed by atoms with E-state index in [1.807, 2.05) is 0 Å². The lowest BCUT2D eigenvalue weighted by Crippen LogP contribution is -2.55. The minimum atomic E-state index is -5.70. The number of alkyl halides is 6. The summed E-state index contributed by atoms with van der Waals surface area (Å²) in [5, 5.41) is 0. The van der Waals surface area contributed by atoms with Gasteiger partial charge >= 0.3 is 12.4 Å². The van der Waals surface area contributed by atoms with Crippen LogP contribution in [-0.4, -0.2) is 23.8 Å². The molecule has 136 valence electrons. The van der Waals surface area contributed by atoms with Crippen LogP contribution in [-0.2, 0) is 4.74 Å². The van der Waals surface area contributed by atoms with Gasteiger partial charge in [0, 0.05) is 17.2 Å². The first-order valence-electron chi connectivity index (χ1n) is 7.39. The smallest absolute Gasteiger partial charge is 0.426 e. The third kappa shape index (κ3) is 3.07. The molecule has 0 saturated carbocycles. The van der Waals surface area contributed by atoms with Gasteiger partial charge in [-0.3, -0.25) is 0 Å². The van der Waals surface area contributed by atoms with Gasteiger partial charge in [-0.2, -0.15) is 26.3 Å². The topological polar surface area (TPSA) is 21.6 Å². The van der Waals surface area contributed by atoms with E-state index in [9.17, 15) is 26.3 Å². The van der Waals surface area contributed by atoms with E-state index in [-0.39, 0.29) is 17.2 Å². The van der Waals surface area contributed by atoms with Crippen molar-refractivity contribution >= 4 is 11.7 Å². The number of halogens is 6. The molecule has 26 heavy (non-hydrogen) atoms. The van der Waals surface area contributed by atoms with Crippen LogP contribution in [0.15, 0.2) is 71.7 Å². The molecule has 1 aliphatic rings. The van der Waals surface area contributed by atoms with Crippen molar-refractivity contribution in [1.29, 1.82) is 0 Å². The zero-order valence-electron chi connectivity index (χ0n) is 13.0. The zero-order chi connectivity index (χ0) is 19.0. The van der Waals surface area contributed by atoms with E-state index < -0.39 is 29.5 Å². The monoisotopic (exact) mass is 371 g/mol. The second kappa shape index (κ2) is 6.19. The van der Waals surface area contributed by atoms with Gasteiger partial charge in [-0.05, 0) is 12.1 Å². The second-order valence-corrected chi connectivity index (χ2v) is 5.52. The van der Waals surface area contributed by atoms with E-state index in [1.54, 1.807) is 12.1 Å². The van der Waals surface area contributed by atoms with Crippen molar-refractivity contribution in [3.05, 3.63) is 77.9 Å². The van der Waals surface area contributed by atoms with E-state index in [2.05, 4.69) is 4.99 Å². The Labute approximate surface area is 144 Å². The number of nitrogens with zero attached hydrogens (tertiary/aromatic N) is 1. The van der Waals surface area contributed by atoms with E-state index in [4.69, 9.17) is 4.74 Å². The highest BCUT2D eigenvalue weighted by Crippen LogP contribution is 2.50. The molecule has 0 radical (unpaired) electrons. The van der Waals surface area contributed by atoms with Gasteiger partial charge in [0.2, 0.25) is 5.90 Å². The molecule has 0 aromatic heterocycles. The van der Waals surface area contributed by atoms with Crippen molar-refractivity contribution in [2.75, 3.05) is 0 Å². The molecule has 0 saturated heterocycles. The van der Waals surface area contributed by atoms with Crippen molar-refractivity contribution in [2.24, 2.45) is 4.99 Å². The molecular formula is C18H11F6NO. The number of hydrogen-bond acceptors (Lipinski definition) is 2. The van der Waals surface area contributed by atoms with Crippen LogP contribution in [0.1, 0.15) is 11.1 Å². The molecule has 0 amide bonds. The maximum Gasteiger partial charge on any atom is 0.426 e.